The molecule has 1 amide bonds. The number of benzene rings is 1. The second-order valence-corrected chi connectivity index (χ2v) is 12.5. The molecule has 33 heavy (non-hydrogen) atoms. The van der Waals surface area contributed by atoms with Crippen LogP contribution in [0.2, 0.25) is 0 Å². The van der Waals surface area contributed by atoms with Crippen LogP contribution in [0.1, 0.15) is 44.9 Å². The molecule has 0 atom stereocenters. The van der Waals surface area contributed by atoms with Crippen molar-refractivity contribution < 1.29 is 9.53 Å². The highest BCUT2D eigenvalue weighted by molar-refractivity contribution is 9.10. The molecule has 1 aliphatic heterocycles. The molecule has 1 aromatic heterocycles. The summed E-state index contributed by atoms with van der Waals surface area (Å²) < 4.78 is 7.70. The lowest BCUT2D eigenvalue weighted by Gasteiger charge is -2.56. The Balaban J connectivity index is 0.00000228. The van der Waals surface area contributed by atoms with Crippen LogP contribution in [0.5, 0.6) is 0 Å². The normalized spacial score (nSPS) is 31.0. The van der Waals surface area contributed by atoms with E-state index in [-0.39, 0.29) is 17.8 Å². The summed E-state index contributed by atoms with van der Waals surface area (Å²) in [6.07, 6.45) is 8.38. The first kappa shape index (κ1) is 24.0. The van der Waals surface area contributed by atoms with Crippen molar-refractivity contribution in [3.05, 3.63) is 22.7 Å². The third kappa shape index (κ3) is 4.73. The van der Waals surface area contributed by atoms with Gasteiger partial charge >= 0.3 is 0 Å². The van der Waals surface area contributed by atoms with Gasteiger partial charge in [0.1, 0.15) is 0 Å². The van der Waals surface area contributed by atoms with Gasteiger partial charge in [0, 0.05) is 30.7 Å². The molecule has 8 heteroatoms. The molecule has 1 saturated heterocycles. The minimum Gasteiger partial charge on any atom is -0.379 e. The van der Waals surface area contributed by atoms with Crippen LogP contribution in [0.25, 0.3) is 10.2 Å². The van der Waals surface area contributed by atoms with Gasteiger partial charge in [-0.3, -0.25) is 14.6 Å². The minimum atomic E-state index is -0.133. The summed E-state index contributed by atoms with van der Waals surface area (Å²) in [6, 6.07) is 6.22. The van der Waals surface area contributed by atoms with Gasteiger partial charge in [-0.05, 0) is 80.9 Å². The number of rotatable bonds is 6. The second-order valence-electron chi connectivity index (χ2n) is 10.6. The van der Waals surface area contributed by atoms with Gasteiger partial charge in [-0.25, -0.2) is 4.98 Å². The molecule has 180 valence electrons. The van der Waals surface area contributed by atoms with Crippen LogP contribution in [-0.4, -0.2) is 55.2 Å². The highest BCUT2D eigenvalue weighted by Crippen LogP contribution is 2.60. The molecule has 4 aliphatic carbocycles. The maximum atomic E-state index is 14.3. The Hall–Kier alpha value is -0.730. The molecule has 0 radical (unpaired) electrons. The zero-order valence-electron chi connectivity index (χ0n) is 19.0. The number of fused-ring (bicyclic) bond motifs is 1. The van der Waals surface area contributed by atoms with Gasteiger partial charge in [-0.15, -0.1) is 12.4 Å². The van der Waals surface area contributed by atoms with Crippen molar-refractivity contribution in [2.75, 3.05) is 44.3 Å². The topological polar surface area (TPSA) is 45.7 Å². The van der Waals surface area contributed by atoms with Crippen LogP contribution in [0.15, 0.2) is 22.7 Å². The molecule has 4 saturated carbocycles. The Morgan fingerprint density at radius 2 is 1.82 bits per heavy atom. The molecule has 1 aromatic carbocycles. The number of carbonyl (C=O) groups is 1. The molecule has 5 aliphatic rings. The van der Waals surface area contributed by atoms with Gasteiger partial charge in [0.25, 0.3) is 0 Å². The number of nitrogens with zero attached hydrogens (tertiary/aromatic N) is 3. The molecule has 0 N–H and O–H groups in total. The number of carbonyl (C=O) groups excluding carboxylic acids is 1. The summed E-state index contributed by atoms with van der Waals surface area (Å²) >= 11 is 5.25. The van der Waals surface area contributed by atoms with E-state index in [9.17, 15) is 4.79 Å². The number of morpholine rings is 1. The number of amides is 1. The first-order chi connectivity index (χ1) is 15.6. The van der Waals surface area contributed by atoms with Crippen molar-refractivity contribution in [3.8, 4) is 0 Å². The summed E-state index contributed by atoms with van der Waals surface area (Å²) in [5, 5.41) is 0.890. The maximum Gasteiger partial charge on any atom is 0.235 e. The monoisotopic (exact) mass is 553 g/mol. The van der Waals surface area contributed by atoms with Crippen LogP contribution in [0.3, 0.4) is 0 Å². The predicted molar refractivity (Wildman–Crippen MR) is 139 cm³/mol. The number of hydrogen-bond donors (Lipinski definition) is 0. The highest BCUT2D eigenvalue weighted by atomic mass is 79.9. The van der Waals surface area contributed by atoms with Gasteiger partial charge in [0.05, 0.1) is 28.8 Å². The van der Waals surface area contributed by atoms with E-state index in [1.54, 1.807) is 11.3 Å². The Morgan fingerprint density at radius 3 is 2.48 bits per heavy atom. The zero-order chi connectivity index (χ0) is 21.7. The van der Waals surface area contributed by atoms with E-state index in [0.29, 0.717) is 5.91 Å². The van der Waals surface area contributed by atoms with Crippen LogP contribution in [-0.2, 0) is 9.53 Å². The fourth-order valence-corrected chi connectivity index (χ4v) is 8.76. The van der Waals surface area contributed by atoms with Crippen molar-refractivity contribution >= 4 is 60.9 Å². The number of ether oxygens (including phenoxy) is 1. The van der Waals surface area contributed by atoms with E-state index in [2.05, 4.69) is 37.9 Å². The molecular formula is C25H33BrClN3O2S. The second kappa shape index (κ2) is 9.73. The van der Waals surface area contributed by atoms with E-state index in [0.717, 1.165) is 103 Å². The fraction of sp³-hybridized carbons (Fsp3) is 0.680. The number of anilines is 1. The number of halogens is 2. The molecule has 0 unspecified atom stereocenters. The Bertz CT molecular complexity index is 973. The average molecular weight is 555 g/mol. The Kier molecular flexibility index (Phi) is 7.07. The summed E-state index contributed by atoms with van der Waals surface area (Å²) in [7, 11) is 0. The highest BCUT2D eigenvalue weighted by Gasteiger charge is 2.56. The van der Waals surface area contributed by atoms with Crippen molar-refractivity contribution in [3.63, 3.8) is 0 Å². The van der Waals surface area contributed by atoms with Crippen molar-refractivity contribution in [1.82, 2.24) is 9.88 Å². The first-order valence-corrected chi connectivity index (χ1v) is 13.9. The number of aromatic nitrogens is 1. The zero-order valence-corrected chi connectivity index (χ0v) is 22.2. The average Bonchev–Trinajstić information content (AvgIpc) is 3.19. The van der Waals surface area contributed by atoms with E-state index >= 15 is 0 Å². The SMILES string of the molecule is Cl.O=C(N(CCCN1CCOCC1)c1nc2ccc(Br)cc2s1)C12CC3CC(CC(C3)C1)C2. The van der Waals surface area contributed by atoms with Gasteiger partial charge < -0.3 is 4.74 Å². The van der Waals surface area contributed by atoms with Crippen molar-refractivity contribution in [2.24, 2.45) is 23.2 Å². The Morgan fingerprint density at radius 1 is 1.15 bits per heavy atom. The standard InChI is InChI=1S/C25H32BrN3O2S.ClH/c26-20-2-3-21-22(13-20)32-24(27-21)29(5-1-4-28-6-8-31-9-7-28)23(30)25-14-17-10-18(15-25)12-19(11-17)16-25;/h2-3,13,17-19H,1,4-12,14-16H2;1H. The van der Waals surface area contributed by atoms with E-state index < -0.39 is 0 Å². The summed E-state index contributed by atoms with van der Waals surface area (Å²) in [5.74, 6) is 2.68. The molecule has 0 spiro atoms. The third-order valence-electron chi connectivity index (χ3n) is 8.27. The Labute approximate surface area is 214 Å². The number of thiazole rings is 1. The smallest absolute Gasteiger partial charge is 0.235 e. The van der Waals surface area contributed by atoms with Gasteiger partial charge in [-0.1, -0.05) is 27.3 Å². The first-order valence-electron chi connectivity index (χ1n) is 12.3. The lowest BCUT2D eigenvalue weighted by atomic mass is 9.49. The van der Waals surface area contributed by atoms with Crippen LogP contribution < -0.4 is 4.90 Å². The van der Waals surface area contributed by atoms with Crippen LogP contribution in [0, 0.1) is 23.2 Å². The summed E-state index contributed by atoms with van der Waals surface area (Å²) in [6.45, 7) is 5.42. The fourth-order valence-electron chi connectivity index (χ4n) is 7.22. The van der Waals surface area contributed by atoms with Gasteiger partial charge in [0.2, 0.25) is 5.91 Å². The molecule has 5 nitrogen and oxygen atoms in total. The minimum absolute atomic E-state index is 0. The molecule has 7 rings (SSSR count). The molecule has 5 fully saturated rings. The van der Waals surface area contributed by atoms with Crippen LogP contribution >= 0.6 is 39.7 Å². The summed E-state index contributed by atoms with van der Waals surface area (Å²) in [5.41, 5.74) is 0.858. The third-order valence-corrected chi connectivity index (χ3v) is 9.80. The quantitative estimate of drug-likeness (QED) is 0.456. The lowest BCUT2D eigenvalue weighted by Crippen LogP contribution is -2.55. The van der Waals surface area contributed by atoms with Crippen molar-refractivity contribution in [1.29, 1.82) is 0 Å². The molecule has 4 bridgehead atoms. The number of hydrogen-bond acceptors (Lipinski definition) is 5. The van der Waals surface area contributed by atoms with Crippen molar-refractivity contribution in [2.45, 2.75) is 44.9 Å². The maximum absolute atomic E-state index is 14.3. The molecular weight excluding hydrogens is 522 g/mol. The predicted octanol–water partition coefficient (Wildman–Crippen LogP) is 5.75. The van der Waals surface area contributed by atoms with E-state index in [4.69, 9.17) is 9.72 Å². The van der Waals surface area contributed by atoms with Gasteiger partial charge in [-0.2, -0.15) is 0 Å². The van der Waals surface area contributed by atoms with Gasteiger partial charge in [0.15, 0.2) is 5.13 Å². The van der Waals surface area contributed by atoms with E-state index in [1.165, 1.54) is 19.3 Å². The largest absolute Gasteiger partial charge is 0.379 e. The van der Waals surface area contributed by atoms with Crippen LogP contribution in [0.4, 0.5) is 5.13 Å². The lowest BCUT2D eigenvalue weighted by molar-refractivity contribution is -0.143. The summed E-state index contributed by atoms with van der Waals surface area (Å²) in [4.78, 5) is 23.8. The molecule has 2 aromatic rings. The molecule has 2 heterocycles. The van der Waals surface area contributed by atoms with E-state index in [1.807, 2.05) is 6.07 Å².